The van der Waals surface area contributed by atoms with Gasteiger partial charge in [-0.3, -0.25) is 0 Å². The van der Waals surface area contributed by atoms with Gasteiger partial charge in [-0.15, -0.1) is 0 Å². The van der Waals surface area contributed by atoms with E-state index in [-0.39, 0.29) is 27.4 Å². The summed E-state index contributed by atoms with van der Waals surface area (Å²) in [5.41, 5.74) is -0.692. The first-order chi connectivity index (χ1) is 13.3. The van der Waals surface area contributed by atoms with Crippen molar-refractivity contribution < 1.29 is 30.0 Å². The summed E-state index contributed by atoms with van der Waals surface area (Å²) in [6, 6.07) is 3.69. The number of aryl methyl sites for hydroxylation is 1. The maximum absolute atomic E-state index is 13.1. The maximum Gasteiger partial charge on any atom is 0.416 e. The van der Waals surface area contributed by atoms with Gasteiger partial charge in [-0.2, -0.15) is 13.2 Å². The summed E-state index contributed by atoms with van der Waals surface area (Å²) in [6.07, 6.45) is -2.57. The van der Waals surface area contributed by atoms with Gasteiger partial charge in [-0.05, 0) is 24.3 Å². The van der Waals surface area contributed by atoms with Crippen molar-refractivity contribution in [3.63, 3.8) is 0 Å². The molecule has 0 atom stereocenters. The normalized spacial score (nSPS) is 13.2. The molecule has 2 aromatic heterocycles. The van der Waals surface area contributed by atoms with Gasteiger partial charge in [-0.25, -0.2) is 26.8 Å². The molecule has 12 heteroatoms. The van der Waals surface area contributed by atoms with Gasteiger partial charge in [0.25, 0.3) is 0 Å². The summed E-state index contributed by atoms with van der Waals surface area (Å²) in [7, 11) is -6.06. The average Bonchev–Trinajstić information content (AvgIpc) is 2.96. The zero-order valence-corrected chi connectivity index (χ0v) is 17.2. The van der Waals surface area contributed by atoms with Crippen LogP contribution in [0.5, 0.6) is 0 Å². The molecule has 0 radical (unpaired) electrons. The van der Waals surface area contributed by atoms with Crippen LogP contribution >= 0.6 is 0 Å². The number of benzene rings is 1. The predicted octanol–water partition coefficient (Wildman–Crippen LogP) is 2.85. The van der Waals surface area contributed by atoms with E-state index in [0.29, 0.717) is 6.07 Å². The monoisotopic (exact) mass is 447 g/mol. The van der Waals surface area contributed by atoms with Crippen LogP contribution in [0.25, 0.3) is 22.6 Å². The fourth-order valence-electron chi connectivity index (χ4n) is 2.80. The van der Waals surface area contributed by atoms with Gasteiger partial charge >= 0.3 is 6.18 Å². The van der Waals surface area contributed by atoms with Crippen molar-refractivity contribution >= 4 is 30.8 Å². The lowest BCUT2D eigenvalue weighted by Crippen LogP contribution is -2.11. The minimum atomic E-state index is -4.71. The smallest absolute Gasteiger partial charge is 0.312 e. The number of pyridine rings is 1. The topological polar surface area (TPSA) is 99.0 Å². The van der Waals surface area contributed by atoms with E-state index in [1.54, 1.807) is 0 Å². The van der Waals surface area contributed by atoms with Gasteiger partial charge in [0.15, 0.2) is 25.3 Å². The highest BCUT2D eigenvalue weighted by molar-refractivity contribution is 7.91. The van der Waals surface area contributed by atoms with Crippen molar-refractivity contribution in [3.8, 4) is 11.4 Å². The molecular formula is C17H16F3N3O4S2. The van der Waals surface area contributed by atoms with Crippen LogP contribution in [-0.2, 0) is 32.9 Å². The van der Waals surface area contributed by atoms with Gasteiger partial charge in [0, 0.05) is 25.1 Å². The molecule has 0 bridgehead atoms. The van der Waals surface area contributed by atoms with E-state index in [1.807, 2.05) is 0 Å². The number of imidazole rings is 1. The Morgan fingerprint density at radius 2 is 1.76 bits per heavy atom. The molecule has 0 saturated heterocycles. The molecular weight excluding hydrogens is 431 g/mol. The number of alkyl halides is 3. The summed E-state index contributed by atoms with van der Waals surface area (Å²) in [5, 5.41) is 0. The summed E-state index contributed by atoms with van der Waals surface area (Å²) in [6.45, 7) is 1.33. The fraction of sp³-hybridized carbons (Fsp3) is 0.294. The first-order valence-electron chi connectivity index (χ1n) is 8.22. The van der Waals surface area contributed by atoms with Gasteiger partial charge in [0.05, 0.1) is 21.1 Å². The Balaban J connectivity index is 2.33. The minimum absolute atomic E-state index is 0.0266. The molecule has 0 aliphatic heterocycles. The zero-order chi connectivity index (χ0) is 21.8. The Morgan fingerprint density at radius 3 is 2.31 bits per heavy atom. The van der Waals surface area contributed by atoms with Crippen LogP contribution < -0.4 is 0 Å². The number of halogens is 3. The van der Waals surface area contributed by atoms with Crippen LogP contribution in [0.4, 0.5) is 13.2 Å². The third kappa shape index (κ3) is 3.86. The molecule has 2 heterocycles. The van der Waals surface area contributed by atoms with E-state index < -0.39 is 42.1 Å². The van der Waals surface area contributed by atoms with E-state index >= 15 is 0 Å². The van der Waals surface area contributed by atoms with Crippen LogP contribution in [0.2, 0.25) is 0 Å². The second-order valence-electron chi connectivity index (χ2n) is 6.39. The lowest BCUT2D eigenvalue weighted by atomic mass is 10.1. The summed E-state index contributed by atoms with van der Waals surface area (Å²) in [5.74, 6) is -0.347. The van der Waals surface area contributed by atoms with Crippen molar-refractivity contribution in [3.05, 3.63) is 36.0 Å². The Bertz CT molecular complexity index is 1330. The summed E-state index contributed by atoms with van der Waals surface area (Å²) >= 11 is 0. The molecule has 3 rings (SSSR count). The van der Waals surface area contributed by atoms with Gasteiger partial charge in [0.2, 0.25) is 0 Å². The second kappa shape index (κ2) is 6.80. The third-order valence-electron chi connectivity index (χ3n) is 4.38. The standard InChI is InChI=1S/C17H16F3N3O4S2/c1-4-29(26,27)14-7-10(17(18,19)20)5-6-12(14)15-22-13-8-11(28(3,24)25)9-21-16(13)23(15)2/h5-9H,4H2,1-3H3. The molecule has 0 aliphatic carbocycles. The van der Waals surface area contributed by atoms with E-state index in [9.17, 15) is 30.0 Å². The van der Waals surface area contributed by atoms with Gasteiger partial charge in [-0.1, -0.05) is 6.92 Å². The summed E-state index contributed by atoms with van der Waals surface area (Å²) in [4.78, 5) is 7.72. The molecule has 0 saturated carbocycles. The predicted molar refractivity (Wildman–Crippen MR) is 99.8 cm³/mol. The zero-order valence-electron chi connectivity index (χ0n) is 15.5. The largest absolute Gasteiger partial charge is 0.416 e. The van der Waals surface area contributed by atoms with Crippen molar-refractivity contribution in [1.29, 1.82) is 0 Å². The van der Waals surface area contributed by atoms with Crippen LogP contribution in [-0.4, -0.2) is 43.4 Å². The number of nitrogens with zero attached hydrogens (tertiary/aromatic N) is 3. The Kier molecular flexibility index (Phi) is 4.98. The molecule has 0 unspecified atom stereocenters. The second-order valence-corrected chi connectivity index (χ2v) is 10.7. The number of aromatic nitrogens is 3. The molecule has 29 heavy (non-hydrogen) atoms. The number of sulfone groups is 2. The highest BCUT2D eigenvalue weighted by Crippen LogP contribution is 2.36. The average molecular weight is 447 g/mol. The first-order valence-corrected chi connectivity index (χ1v) is 11.8. The summed E-state index contributed by atoms with van der Waals surface area (Å²) < 4.78 is 89.2. The van der Waals surface area contributed by atoms with Crippen LogP contribution in [0.1, 0.15) is 12.5 Å². The molecule has 7 nitrogen and oxygen atoms in total. The number of fused-ring (bicyclic) bond motifs is 1. The van der Waals surface area contributed by atoms with E-state index in [0.717, 1.165) is 24.6 Å². The lowest BCUT2D eigenvalue weighted by Gasteiger charge is -2.13. The van der Waals surface area contributed by atoms with E-state index in [1.165, 1.54) is 24.6 Å². The van der Waals surface area contributed by atoms with Crippen LogP contribution in [0.3, 0.4) is 0 Å². The van der Waals surface area contributed by atoms with E-state index in [4.69, 9.17) is 0 Å². The molecule has 0 N–H and O–H groups in total. The Hall–Kier alpha value is -2.47. The van der Waals surface area contributed by atoms with Gasteiger partial charge in [0.1, 0.15) is 11.3 Å². The molecule has 156 valence electrons. The Morgan fingerprint density at radius 1 is 1.10 bits per heavy atom. The molecule has 3 aromatic rings. The number of rotatable bonds is 4. The van der Waals surface area contributed by atoms with Crippen LogP contribution in [0, 0.1) is 0 Å². The fourth-order valence-corrected chi connectivity index (χ4v) is 4.48. The van der Waals surface area contributed by atoms with Crippen molar-refractivity contribution in [1.82, 2.24) is 14.5 Å². The van der Waals surface area contributed by atoms with Crippen molar-refractivity contribution in [2.45, 2.75) is 22.9 Å². The Labute approximate surface area is 165 Å². The molecule has 0 aliphatic rings. The number of hydrogen-bond acceptors (Lipinski definition) is 6. The molecule has 0 fully saturated rings. The molecule has 0 amide bonds. The first kappa shape index (κ1) is 21.2. The minimum Gasteiger partial charge on any atom is -0.312 e. The van der Waals surface area contributed by atoms with Crippen molar-refractivity contribution in [2.24, 2.45) is 7.05 Å². The highest BCUT2D eigenvalue weighted by Gasteiger charge is 2.33. The van der Waals surface area contributed by atoms with E-state index in [2.05, 4.69) is 9.97 Å². The molecule has 0 spiro atoms. The lowest BCUT2D eigenvalue weighted by molar-refractivity contribution is -0.137. The quantitative estimate of drug-likeness (QED) is 0.610. The van der Waals surface area contributed by atoms with Crippen LogP contribution in [0.15, 0.2) is 40.3 Å². The highest BCUT2D eigenvalue weighted by atomic mass is 32.2. The SMILES string of the molecule is CCS(=O)(=O)c1cc(C(F)(F)F)ccc1-c1nc2cc(S(C)(=O)=O)cnc2n1C. The number of hydrogen-bond donors (Lipinski definition) is 0. The van der Waals surface area contributed by atoms with Gasteiger partial charge < -0.3 is 4.57 Å². The third-order valence-corrected chi connectivity index (χ3v) is 7.22. The van der Waals surface area contributed by atoms with Crippen molar-refractivity contribution in [2.75, 3.05) is 12.0 Å². The molecule has 1 aromatic carbocycles. The maximum atomic E-state index is 13.1.